The Balaban J connectivity index is 2.46. The molecule has 0 saturated heterocycles. The maximum Gasteiger partial charge on any atom is 0.191 e. The van der Waals surface area contributed by atoms with E-state index in [1.165, 1.54) is 5.56 Å². The zero-order valence-corrected chi connectivity index (χ0v) is 17.5. The molecular weight excluding hydrogens is 342 g/mol. The Labute approximate surface area is 164 Å². The first kappa shape index (κ1) is 23.4. The van der Waals surface area contributed by atoms with Crippen molar-refractivity contribution in [3.8, 4) is 0 Å². The number of hydrogen-bond donors (Lipinski definition) is 3. The third kappa shape index (κ3) is 9.75. The molecule has 0 aliphatic rings. The highest BCUT2D eigenvalue weighted by Crippen LogP contribution is 2.24. The largest absolute Gasteiger partial charge is 0.386 e. The summed E-state index contributed by atoms with van der Waals surface area (Å²) in [5.41, 5.74) is 2.25. The number of benzene rings is 1. The Hall–Kier alpha value is -1.63. The molecule has 0 saturated carbocycles. The topological polar surface area (TPSA) is 75.1 Å². The maximum atomic E-state index is 10.4. The molecule has 27 heavy (non-hydrogen) atoms. The van der Waals surface area contributed by atoms with Crippen molar-refractivity contribution in [1.29, 1.82) is 0 Å². The van der Waals surface area contributed by atoms with Crippen molar-refractivity contribution < 1.29 is 14.6 Å². The van der Waals surface area contributed by atoms with Crippen LogP contribution in [-0.2, 0) is 14.9 Å². The summed E-state index contributed by atoms with van der Waals surface area (Å²) in [6, 6.07) is 8.13. The summed E-state index contributed by atoms with van der Waals surface area (Å²) in [4.78, 5) is 4.49. The summed E-state index contributed by atoms with van der Waals surface area (Å²) < 4.78 is 10.4. The van der Waals surface area contributed by atoms with Gasteiger partial charge in [0.25, 0.3) is 0 Å². The maximum absolute atomic E-state index is 10.4. The molecule has 0 bridgehead atoms. The van der Waals surface area contributed by atoms with E-state index in [4.69, 9.17) is 9.47 Å². The summed E-state index contributed by atoms with van der Waals surface area (Å²) in [5.74, 6) is 0.708. The van der Waals surface area contributed by atoms with Crippen molar-refractivity contribution >= 4 is 5.96 Å². The number of rotatable bonds is 11. The SMILES string of the molecule is CCNC(=NCC(O)c1ccc(C(C)(C)C)cc1)NCCCOCCOC. The lowest BCUT2D eigenvalue weighted by atomic mass is 9.86. The van der Waals surface area contributed by atoms with Gasteiger partial charge in [0.1, 0.15) is 0 Å². The molecule has 1 atom stereocenters. The van der Waals surface area contributed by atoms with Gasteiger partial charge in [-0.3, -0.25) is 4.99 Å². The molecule has 1 aromatic rings. The number of nitrogens with zero attached hydrogens (tertiary/aromatic N) is 1. The quantitative estimate of drug-likeness (QED) is 0.313. The minimum absolute atomic E-state index is 0.108. The number of aliphatic hydroxyl groups is 1. The second-order valence-corrected chi connectivity index (χ2v) is 7.49. The number of aliphatic hydroxyl groups excluding tert-OH is 1. The highest BCUT2D eigenvalue weighted by molar-refractivity contribution is 5.79. The summed E-state index contributed by atoms with van der Waals surface area (Å²) in [6.07, 6.45) is 0.261. The molecule has 0 heterocycles. The van der Waals surface area contributed by atoms with Gasteiger partial charge < -0.3 is 25.2 Å². The van der Waals surface area contributed by atoms with Crippen LogP contribution in [0.4, 0.5) is 0 Å². The predicted octanol–water partition coefficient (Wildman–Crippen LogP) is 2.63. The Bertz CT molecular complexity index is 539. The van der Waals surface area contributed by atoms with E-state index in [0.717, 1.165) is 25.1 Å². The van der Waals surface area contributed by atoms with Crippen molar-refractivity contribution in [2.75, 3.05) is 46.6 Å². The first-order valence-corrected chi connectivity index (χ1v) is 9.75. The van der Waals surface area contributed by atoms with Crippen LogP contribution in [0.15, 0.2) is 29.3 Å². The van der Waals surface area contributed by atoms with Gasteiger partial charge in [0, 0.05) is 26.8 Å². The number of ether oxygens (including phenoxy) is 2. The smallest absolute Gasteiger partial charge is 0.191 e. The fourth-order valence-corrected chi connectivity index (χ4v) is 2.46. The zero-order chi connectivity index (χ0) is 20.1. The molecule has 1 aromatic carbocycles. The van der Waals surface area contributed by atoms with E-state index in [0.29, 0.717) is 32.3 Å². The molecule has 0 amide bonds. The second kappa shape index (κ2) is 12.7. The van der Waals surface area contributed by atoms with Crippen LogP contribution < -0.4 is 10.6 Å². The summed E-state index contributed by atoms with van der Waals surface area (Å²) in [6.45, 7) is 12.3. The van der Waals surface area contributed by atoms with Gasteiger partial charge in [-0.25, -0.2) is 0 Å². The van der Waals surface area contributed by atoms with Crippen LogP contribution in [-0.4, -0.2) is 57.6 Å². The van der Waals surface area contributed by atoms with Crippen molar-refractivity contribution in [2.24, 2.45) is 4.99 Å². The van der Waals surface area contributed by atoms with E-state index < -0.39 is 6.10 Å². The van der Waals surface area contributed by atoms with Crippen LogP contribution in [0.3, 0.4) is 0 Å². The average Bonchev–Trinajstić information content (AvgIpc) is 2.64. The average molecular weight is 380 g/mol. The van der Waals surface area contributed by atoms with Gasteiger partial charge in [0.2, 0.25) is 0 Å². The first-order chi connectivity index (χ1) is 12.9. The molecule has 0 aliphatic heterocycles. The van der Waals surface area contributed by atoms with E-state index in [1.807, 2.05) is 19.1 Å². The molecule has 154 valence electrons. The van der Waals surface area contributed by atoms with E-state index >= 15 is 0 Å². The highest BCUT2D eigenvalue weighted by atomic mass is 16.5. The monoisotopic (exact) mass is 379 g/mol. The van der Waals surface area contributed by atoms with E-state index in [-0.39, 0.29) is 5.41 Å². The molecular formula is C21H37N3O3. The summed E-state index contributed by atoms with van der Waals surface area (Å²) >= 11 is 0. The first-order valence-electron chi connectivity index (χ1n) is 9.75. The molecule has 1 rings (SSSR count). The van der Waals surface area contributed by atoms with Crippen LogP contribution in [0.5, 0.6) is 0 Å². The Kier molecular flexibility index (Phi) is 11.0. The third-order valence-electron chi connectivity index (χ3n) is 4.12. The van der Waals surface area contributed by atoms with Gasteiger partial charge in [0.15, 0.2) is 5.96 Å². The van der Waals surface area contributed by atoms with Crippen LogP contribution >= 0.6 is 0 Å². The second-order valence-electron chi connectivity index (χ2n) is 7.49. The van der Waals surface area contributed by atoms with Crippen molar-refractivity contribution in [3.05, 3.63) is 35.4 Å². The molecule has 0 fully saturated rings. The summed E-state index contributed by atoms with van der Waals surface area (Å²) in [5, 5.41) is 16.9. The lowest BCUT2D eigenvalue weighted by Crippen LogP contribution is -2.38. The number of methoxy groups -OCH3 is 1. The lowest BCUT2D eigenvalue weighted by molar-refractivity contribution is 0.0698. The van der Waals surface area contributed by atoms with Gasteiger partial charge in [-0.15, -0.1) is 0 Å². The minimum atomic E-state index is -0.619. The Morgan fingerprint density at radius 3 is 2.41 bits per heavy atom. The Morgan fingerprint density at radius 1 is 1.11 bits per heavy atom. The molecule has 0 aromatic heterocycles. The molecule has 0 aliphatic carbocycles. The number of guanidine groups is 1. The van der Waals surface area contributed by atoms with Crippen molar-refractivity contribution in [2.45, 2.75) is 45.6 Å². The van der Waals surface area contributed by atoms with Gasteiger partial charge in [0.05, 0.1) is 25.9 Å². The highest BCUT2D eigenvalue weighted by Gasteiger charge is 2.14. The minimum Gasteiger partial charge on any atom is -0.386 e. The molecule has 6 heteroatoms. The standard InChI is InChI=1S/C21H37N3O3/c1-6-22-20(23-12-7-13-27-15-14-26-5)24-16-19(25)17-8-10-18(11-9-17)21(2,3)4/h8-11,19,25H,6-7,12-16H2,1-5H3,(H2,22,23,24). The van der Waals surface area contributed by atoms with Crippen LogP contribution in [0, 0.1) is 0 Å². The number of aliphatic imine (C=N–C) groups is 1. The van der Waals surface area contributed by atoms with Gasteiger partial charge in [-0.2, -0.15) is 0 Å². The van der Waals surface area contributed by atoms with Crippen LogP contribution in [0.1, 0.15) is 51.3 Å². The third-order valence-corrected chi connectivity index (χ3v) is 4.12. The summed E-state index contributed by atoms with van der Waals surface area (Å²) in [7, 11) is 1.66. The van der Waals surface area contributed by atoms with Gasteiger partial charge >= 0.3 is 0 Å². The van der Waals surface area contributed by atoms with E-state index in [2.05, 4.69) is 48.5 Å². The molecule has 3 N–H and O–H groups in total. The zero-order valence-electron chi connectivity index (χ0n) is 17.5. The van der Waals surface area contributed by atoms with Crippen molar-refractivity contribution in [1.82, 2.24) is 10.6 Å². The van der Waals surface area contributed by atoms with Crippen LogP contribution in [0.25, 0.3) is 0 Å². The molecule has 0 radical (unpaired) electrons. The normalized spacial score (nSPS) is 13.5. The predicted molar refractivity (Wildman–Crippen MR) is 111 cm³/mol. The van der Waals surface area contributed by atoms with Gasteiger partial charge in [-0.1, -0.05) is 45.0 Å². The molecule has 1 unspecified atom stereocenters. The molecule has 0 spiro atoms. The van der Waals surface area contributed by atoms with Crippen LogP contribution in [0.2, 0.25) is 0 Å². The Morgan fingerprint density at radius 2 is 1.81 bits per heavy atom. The molecule has 6 nitrogen and oxygen atoms in total. The number of nitrogens with one attached hydrogen (secondary N) is 2. The fourth-order valence-electron chi connectivity index (χ4n) is 2.46. The van der Waals surface area contributed by atoms with E-state index in [1.54, 1.807) is 7.11 Å². The van der Waals surface area contributed by atoms with Crippen molar-refractivity contribution in [3.63, 3.8) is 0 Å². The van der Waals surface area contributed by atoms with Gasteiger partial charge in [-0.05, 0) is 29.9 Å². The lowest BCUT2D eigenvalue weighted by Gasteiger charge is -2.20. The number of hydrogen-bond acceptors (Lipinski definition) is 4. The fraction of sp³-hybridized carbons (Fsp3) is 0.667. The van der Waals surface area contributed by atoms with E-state index in [9.17, 15) is 5.11 Å².